The van der Waals surface area contributed by atoms with E-state index in [1.165, 1.54) is 3.57 Å². The smallest absolute Gasteiger partial charge is 0.146 e. The van der Waals surface area contributed by atoms with E-state index in [9.17, 15) is 0 Å². The third-order valence-corrected chi connectivity index (χ3v) is 4.65. The first kappa shape index (κ1) is 15.3. The van der Waals surface area contributed by atoms with E-state index in [-0.39, 0.29) is 0 Å². The Morgan fingerprint density at radius 1 is 1.00 bits per heavy atom. The van der Waals surface area contributed by atoms with Crippen molar-refractivity contribution in [3.63, 3.8) is 0 Å². The van der Waals surface area contributed by atoms with Crippen LogP contribution in [0.1, 0.15) is 11.1 Å². The van der Waals surface area contributed by atoms with E-state index in [2.05, 4.69) is 86.0 Å². The summed E-state index contributed by atoms with van der Waals surface area (Å²) >= 11 is 6.88. The van der Waals surface area contributed by atoms with Crippen LogP contribution in [0.25, 0.3) is 0 Å². The minimum absolute atomic E-state index is 0.512. The molecule has 0 spiro atoms. The molecule has 5 heteroatoms. The third-order valence-electron chi connectivity index (χ3n) is 2.43. The Bertz CT molecular complexity index is 609. The van der Waals surface area contributed by atoms with E-state index >= 15 is 0 Å². The van der Waals surface area contributed by atoms with Gasteiger partial charge in [0, 0.05) is 3.57 Å². The average Bonchev–Trinajstić information content (AvgIpc) is 2.38. The molecule has 2 rings (SSSR count). The first-order valence-corrected chi connectivity index (χ1v) is 8.60. The number of nitrogens with zero attached hydrogens (tertiary/aromatic N) is 1. The predicted octanol–water partition coefficient (Wildman–Crippen LogP) is 4.95. The molecule has 0 saturated carbocycles. The highest BCUT2D eigenvalue weighted by molar-refractivity contribution is 14.1. The molecule has 0 heterocycles. The van der Waals surface area contributed by atoms with Gasteiger partial charge in [-0.15, -0.1) is 0 Å². The zero-order chi connectivity index (χ0) is 13.8. The average molecular weight is 587 g/mol. The van der Waals surface area contributed by atoms with E-state index in [0.29, 0.717) is 12.2 Å². The van der Waals surface area contributed by atoms with Crippen LogP contribution in [0.15, 0.2) is 36.4 Å². The lowest BCUT2D eigenvalue weighted by atomic mass is 10.2. The van der Waals surface area contributed by atoms with Crippen LogP contribution in [-0.2, 0) is 6.61 Å². The lowest BCUT2D eigenvalue weighted by Crippen LogP contribution is -1.99. The van der Waals surface area contributed by atoms with Crippen molar-refractivity contribution in [3.8, 4) is 11.8 Å². The summed E-state index contributed by atoms with van der Waals surface area (Å²) in [7, 11) is 0. The second-order valence-corrected chi connectivity index (χ2v) is 7.37. The molecular formula is C14H8I3NO. The SMILES string of the molecule is N#Cc1ccc(COc2c(I)cc(I)cc2I)cc1. The number of halogens is 3. The molecule has 2 aromatic rings. The number of rotatable bonds is 3. The highest BCUT2D eigenvalue weighted by Gasteiger charge is 2.08. The highest BCUT2D eigenvalue weighted by atomic mass is 127. The van der Waals surface area contributed by atoms with E-state index in [1.807, 2.05) is 24.3 Å². The van der Waals surface area contributed by atoms with E-state index in [1.54, 1.807) is 0 Å². The van der Waals surface area contributed by atoms with Crippen LogP contribution >= 0.6 is 67.8 Å². The van der Waals surface area contributed by atoms with Crippen LogP contribution in [0.3, 0.4) is 0 Å². The Balaban J connectivity index is 2.12. The molecule has 0 N–H and O–H groups in total. The summed E-state index contributed by atoms with van der Waals surface area (Å²) in [6.07, 6.45) is 0. The summed E-state index contributed by atoms with van der Waals surface area (Å²) in [6, 6.07) is 13.8. The van der Waals surface area contributed by atoms with Crippen molar-refractivity contribution < 1.29 is 4.74 Å². The number of hydrogen-bond acceptors (Lipinski definition) is 2. The standard InChI is InChI=1S/C14H8I3NO/c15-11-5-12(16)14(13(17)6-11)19-8-10-3-1-9(7-18)2-4-10/h1-6H,8H2. The van der Waals surface area contributed by atoms with E-state index in [4.69, 9.17) is 10.00 Å². The zero-order valence-electron chi connectivity index (χ0n) is 9.66. The number of benzene rings is 2. The molecule has 0 aliphatic rings. The molecule has 0 saturated heterocycles. The Labute approximate surface area is 153 Å². The number of nitriles is 1. The van der Waals surface area contributed by atoms with Crippen molar-refractivity contribution in [2.24, 2.45) is 0 Å². The van der Waals surface area contributed by atoms with Crippen LogP contribution in [0.4, 0.5) is 0 Å². The third kappa shape index (κ3) is 4.19. The maximum Gasteiger partial charge on any atom is 0.146 e. The molecule has 96 valence electrons. The van der Waals surface area contributed by atoms with Gasteiger partial charge in [-0.3, -0.25) is 0 Å². The van der Waals surface area contributed by atoms with Gasteiger partial charge in [0.15, 0.2) is 0 Å². The summed E-state index contributed by atoms with van der Waals surface area (Å²) < 4.78 is 9.31. The molecular weight excluding hydrogens is 579 g/mol. The minimum atomic E-state index is 0.512. The monoisotopic (exact) mass is 587 g/mol. The Hall–Kier alpha value is -0.0800. The summed E-state index contributed by atoms with van der Waals surface area (Å²) in [4.78, 5) is 0. The molecule has 0 aromatic heterocycles. The second-order valence-electron chi connectivity index (χ2n) is 3.80. The minimum Gasteiger partial charge on any atom is -0.487 e. The van der Waals surface area contributed by atoms with Crippen molar-refractivity contribution in [2.45, 2.75) is 6.61 Å². The molecule has 0 radical (unpaired) electrons. The summed E-state index contributed by atoms with van der Waals surface area (Å²) in [6.45, 7) is 0.512. The topological polar surface area (TPSA) is 33.0 Å². The summed E-state index contributed by atoms with van der Waals surface area (Å²) in [5, 5.41) is 8.75. The zero-order valence-corrected chi connectivity index (χ0v) is 16.1. The Kier molecular flexibility index (Phi) is 5.70. The van der Waals surface area contributed by atoms with Crippen molar-refractivity contribution in [2.75, 3.05) is 0 Å². The van der Waals surface area contributed by atoms with E-state index < -0.39 is 0 Å². The van der Waals surface area contributed by atoms with Crippen molar-refractivity contribution in [1.82, 2.24) is 0 Å². The first-order valence-electron chi connectivity index (χ1n) is 5.36. The fourth-order valence-corrected chi connectivity index (χ4v) is 5.39. The van der Waals surface area contributed by atoms with Crippen LogP contribution in [0.2, 0.25) is 0 Å². The van der Waals surface area contributed by atoms with Gasteiger partial charge in [0.25, 0.3) is 0 Å². The summed E-state index contributed by atoms with van der Waals surface area (Å²) in [5.41, 5.74) is 1.73. The lowest BCUT2D eigenvalue weighted by Gasteiger charge is -2.11. The largest absolute Gasteiger partial charge is 0.487 e. The fourth-order valence-electron chi connectivity index (χ4n) is 1.50. The highest BCUT2D eigenvalue weighted by Crippen LogP contribution is 2.30. The lowest BCUT2D eigenvalue weighted by molar-refractivity contribution is 0.301. The van der Waals surface area contributed by atoms with Gasteiger partial charge in [0.2, 0.25) is 0 Å². The van der Waals surface area contributed by atoms with Gasteiger partial charge in [-0.1, -0.05) is 12.1 Å². The maximum absolute atomic E-state index is 8.75. The predicted molar refractivity (Wildman–Crippen MR) is 100 cm³/mol. The first-order chi connectivity index (χ1) is 9.10. The Morgan fingerprint density at radius 2 is 1.58 bits per heavy atom. The molecule has 0 amide bonds. The van der Waals surface area contributed by atoms with Gasteiger partial charge in [-0.2, -0.15) is 5.26 Å². The normalized spacial score (nSPS) is 10.0. The van der Waals surface area contributed by atoms with Crippen LogP contribution in [-0.4, -0.2) is 0 Å². The van der Waals surface area contributed by atoms with Gasteiger partial charge in [0.05, 0.1) is 18.8 Å². The molecule has 0 bridgehead atoms. The fraction of sp³-hybridized carbons (Fsp3) is 0.0714. The van der Waals surface area contributed by atoms with Gasteiger partial charge in [-0.05, 0) is 97.6 Å². The molecule has 2 nitrogen and oxygen atoms in total. The Morgan fingerprint density at radius 3 is 2.11 bits per heavy atom. The molecule has 0 unspecified atom stereocenters. The molecule has 0 atom stereocenters. The molecule has 0 aliphatic heterocycles. The van der Waals surface area contributed by atoms with Crippen LogP contribution < -0.4 is 4.74 Å². The van der Waals surface area contributed by atoms with Crippen LogP contribution in [0.5, 0.6) is 5.75 Å². The van der Waals surface area contributed by atoms with E-state index in [0.717, 1.165) is 18.5 Å². The van der Waals surface area contributed by atoms with Gasteiger partial charge < -0.3 is 4.74 Å². The molecule has 0 fully saturated rings. The van der Waals surface area contributed by atoms with Crippen molar-refractivity contribution in [3.05, 3.63) is 58.2 Å². The second kappa shape index (κ2) is 7.08. The maximum atomic E-state index is 8.75. The van der Waals surface area contributed by atoms with Gasteiger partial charge in [0.1, 0.15) is 12.4 Å². The number of hydrogen-bond donors (Lipinski definition) is 0. The van der Waals surface area contributed by atoms with Gasteiger partial charge >= 0.3 is 0 Å². The van der Waals surface area contributed by atoms with Crippen LogP contribution in [0, 0.1) is 22.0 Å². The molecule has 19 heavy (non-hydrogen) atoms. The quantitative estimate of drug-likeness (QED) is 0.477. The number of ether oxygens (including phenoxy) is 1. The van der Waals surface area contributed by atoms with Crippen molar-refractivity contribution >= 4 is 67.8 Å². The van der Waals surface area contributed by atoms with Gasteiger partial charge in [-0.25, -0.2) is 0 Å². The summed E-state index contributed by atoms with van der Waals surface area (Å²) in [5.74, 6) is 0.922. The van der Waals surface area contributed by atoms with Crippen molar-refractivity contribution in [1.29, 1.82) is 5.26 Å². The molecule has 0 aliphatic carbocycles. The molecule has 2 aromatic carbocycles.